The van der Waals surface area contributed by atoms with Crippen molar-refractivity contribution in [2.24, 2.45) is 0 Å². The standard InChI is InChI=1S/C13H10F3N3S/c1-2-7-20-11-8-10(13(14,15)16)18-12(19-11)9-5-3-4-6-17-9/h2-6,8H,1,7H2. The van der Waals surface area contributed by atoms with Gasteiger partial charge in [-0.3, -0.25) is 4.98 Å². The van der Waals surface area contributed by atoms with Gasteiger partial charge < -0.3 is 0 Å². The summed E-state index contributed by atoms with van der Waals surface area (Å²) >= 11 is 1.16. The molecule has 0 fully saturated rings. The highest BCUT2D eigenvalue weighted by Crippen LogP contribution is 2.31. The van der Waals surface area contributed by atoms with Crippen LogP contribution in [-0.2, 0) is 6.18 Å². The zero-order chi connectivity index (χ0) is 14.6. The van der Waals surface area contributed by atoms with Gasteiger partial charge in [-0.15, -0.1) is 18.3 Å². The van der Waals surface area contributed by atoms with Gasteiger partial charge in [0, 0.05) is 18.0 Å². The summed E-state index contributed by atoms with van der Waals surface area (Å²) in [5.74, 6) is 0.433. The van der Waals surface area contributed by atoms with Crippen LogP contribution < -0.4 is 0 Å². The Morgan fingerprint density at radius 2 is 2.05 bits per heavy atom. The molecule has 0 aliphatic heterocycles. The van der Waals surface area contributed by atoms with Gasteiger partial charge in [-0.25, -0.2) is 9.97 Å². The van der Waals surface area contributed by atoms with E-state index < -0.39 is 11.9 Å². The maximum Gasteiger partial charge on any atom is 0.433 e. The molecule has 0 bridgehead atoms. The van der Waals surface area contributed by atoms with Gasteiger partial charge in [-0.1, -0.05) is 12.1 Å². The lowest BCUT2D eigenvalue weighted by Gasteiger charge is -2.09. The van der Waals surface area contributed by atoms with Crippen LogP contribution >= 0.6 is 11.8 Å². The summed E-state index contributed by atoms with van der Waals surface area (Å²) < 4.78 is 38.5. The van der Waals surface area contributed by atoms with Gasteiger partial charge in [-0.2, -0.15) is 13.2 Å². The van der Waals surface area contributed by atoms with Crippen molar-refractivity contribution in [2.45, 2.75) is 11.2 Å². The molecule has 0 aliphatic rings. The van der Waals surface area contributed by atoms with Crippen molar-refractivity contribution in [3.05, 3.63) is 48.8 Å². The molecule has 2 aromatic rings. The molecule has 2 heterocycles. The first-order valence-corrected chi connectivity index (χ1v) is 6.60. The summed E-state index contributed by atoms with van der Waals surface area (Å²) in [6, 6.07) is 5.84. The molecule has 0 radical (unpaired) electrons. The zero-order valence-corrected chi connectivity index (χ0v) is 11.1. The molecule has 0 amide bonds. The summed E-state index contributed by atoms with van der Waals surface area (Å²) in [5.41, 5.74) is -0.668. The molecular weight excluding hydrogens is 287 g/mol. The van der Waals surface area contributed by atoms with E-state index in [1.165, 1.54) is 6.20 Å². The smallest absolute Gasteiger partial charge is 0.253 e. The topological polar surface area (TPSA) is 38.7 Å². The third kappa shape index (κ3) is 3.57. The number of halogens is 3. The van der Waals surface area contributed by atoms with E-state index in [-0.39, 0.29) is 10.9 Å². The van der Waals surface area contributed by atoms with Crippen LogP contribution in [0.5, 0.6) is 0 Å². The van der Waals surface area contributed by atoms with Gasteiger partial charge in [0.1, 0.15) is 16.4 Å². The van der Waals surface area contributed by atoms with Crippen LogP contribution in [-0.4, -0.2) is 20.7 Å². The first-order valence-electron chi connectivity index (χ1n) is 5.62. The van der Waals surface area contributed by atoms with Crippen molar-refractivity contribution in [3.63, 3.8) is 0 Å². The van der Waals surface area contributed by atoms with Crippen LogP contribution in [0.4, 0.5) is 13.2 Å². The van der Waals surface area contributed by atoms with E-state index in [1.807, 2.05) is 0 Å². The molecular formula is C13H10F3N3S. The number of nitrogens with zero attached hydrogens (tertiary/aromatic N) is 3. The molecule has 2 rings (SSSR count). The lowest BCUT2D eigenvalue weighted by Crippen LogP contribution is -2.10. The number of hydrogen-bond acceptors (Lipinski definition) is 4. The number of thioether (sulfide) groups is 1. The average molecular weight is 297 g/mol. The van der Waals surface area contributed by atoms with Gasteiger partial charge >= 0.3 is 6.18 Å². The summed E-state index contributed by atoms with van der Waals surface area (Å²) in [6.07, 6.45) is -1.44. The Morgan fingerprint density at radius 1 is 1.25 bits per heavy atom. The number of aromatic nitrogens is 3. The Bertz CT molecular complexity index is 600. The monoisotopic (exact) mass is 297 g/mol. The molecule has 0 spiro atoms. The minimum atomic E-state index is -4.52. The van der Waals surface area contributed by atoms with Crippen molar-refractivity contribution >= 4 is 11.8 Å². The van der Waals surface area contributed by atoms with Gasteiger partial charge in [0.15, 0.2) is 5.82 Å². The van der Waals surface area contributed by atoms with E-state index in [9.17, 15) is 13.2 Å². The van der Waals surface area contributed by atoms with Crippen LogP contribution in [0.15, 0.2) is 48.1 Å². The summed E-state index contributed by atoms with van der Waals surface area (Å²) in [5, 5.41) is 0.243. The Kier molecular flexibility index (Phi) is 4.39. The molecule has 0 aromatic carbocycles. The van der Waals surface area contributed by atoms with Crippen molar-refractivity contribution in [1.82, 2.24) is 15.0 Å². The molecule has 0 saturated carbocycles. The van der Waals surface area contributed by atoms with Crippen LogP contribution in [0.25, 0.3) is 11.5 Å². The normalized spacial score (nSPS) is 11.3. The fourth-order valence-electron chi connectivity index (χ4n) is 1.40. The lowest BCUT2D eigenvalue weighted by molar-refractivity contribution is -0.141. The van der Waals surface area contributed by atoms with E-state index in [0.29, 0.717) is 11.4 Å². The van der Waals surface area contributed by atoms with Crippen molar-refractivity contribution in [3.8, 4) is 11.5 Å². The molecule has 7 heteroatoms. The number of alkyl halides is 3. The predicted molar refractivity (Wildman–Crippen MR) is 71.2 cm³/mol. The fraction of sp³-hybridized carbons (Fsp3) is 0.154. The first-order chi connectivity index (χ1) is 9.50. The Morgan fingerprint density at radius 3 is 2.65 bits per heavy atom. The first kappa shape index (κ1) is 14.5. The third-order valence-electron chi connectivity index (χ3n) is 2.24. The van der Waals surface area contributed by atoms with Gasteiger partial charge in [-0.05, 0) is 12.1 Å². The largest absolute Gasteiger partial charge is 0.433 e. The molecule has 104 valence electrons. The van der Waals surface area contributed by atoms with Crippen LogP contribution in [0, 0.1) is 0 Å². The van der Waals surface area contributed by atoms with Crippen LogP contribution in [0.1, 0.15) is 5.69 Å². The maximum atomic E-state index is 12.8. The molecule has 0 atom stereocenters. The molecule has 0 unspecified atom stereocenters. The van der Waals surface area contributed by atoms with E-state index >= 15 is 0 Å². The second-order valence-electron chi connectivity index (χ2n) is 3.73. The maximum absolute atomic E-state index is 12.8. The predicted octanol–water partition coefficient (Wildman–Crippen LogP) is 3.84. The molecule has 2 aromatic heterocycles. The highest BCUT2D eigenvalue weighted by molar-refractivity contribution is 7.99. The lowest BCUT2D eigenvalue weighted by atomic mass is 10.3. The number of hydrogen-bond donors (Lipinski definition) is 0. The number of pyridine rings is 1. The Balaban J connectivity index is 2.48. The van der Waals surface area contributed by atoms with Crippen LogP contribution in [0.2, 0.25) is 0 Å². The quantitative estimate of drug-likeness (QED) is 0.488. The second-order valence-corrected chi connectivity index (χ2v) is 4.77. The minimum absolute atomic E-state index is 0.0352. The average Bonchev–Trinajstić information content (AvgIpc) is 2.45. The molecule has 0 N–H and O–H groups in total. The van der Waals surface area contributed by atoms with Crippen LogP contribution in [0.3, 0.4) is 0 Å². The third-order valence-corrected chi connectivity index (χ3v) is 3.14. The summed E-state index contributed by atoms with van der Waals surface area (Å²) in [4.78, 5) is 11.6. The molecule has 0 aliphatic carbocycles. The van der Waals surface area contributed by atoms with Gasteiger partial charge in [0.2, 0.25) is 0 Å². The molecule has 3 nitrogen and oxygen atoms in total. The van der Waals surface area contributed by atoms with Crippen molar-refractivity contribution in [1.29, 1.82) is 0 Å². The summed E-state index contributed by atoms with van der Waals surface area (Å²) in [7, 11) is 0. The molecule has 0 saturated heterocycles. The Hall–Kier alpha value is -1.89. The van der Waals surface area contributed by atoms with E-state index in [0.717, 1.165) is 17.8 Å². The SMILES string of the molecule is C=CCSc1cc(C(F)(F)F)nc(-c2ccccn2)n1. The zero-order valence-electron chi connectivity index (χ0n) is 10.3. The van der Waals surface area contributed by atoms with E-state index in [2.05, 4.69) is 21.5 Å². The Labute approximate surface area is 118 Å². The highest BCUT2D eigenvalue weighted by Gasteiger charge is 2.33. The van der Waals surface area contributed by atoms with Gasteiger partial charge in [0.05, 0.1) is 0 Å². The molecule has 20 heavy (non-hydrogen) atoms. The van der Waals surface area contributed by atoms with E-state index in [1.54, 1.807) is 24.3 Å². The van der Waals surface area contributed by atoms with Crippen molar-refractivity contribution in [2.75, 3.05) is 5.75 Å². The minimum Gasteiger partial charge on any atom is -0.253 e. The van der Waals surface area contributed by atoms with Gasteiger partial charge in [0.25, 0.3) is 0 Å². The second kappa shape index (κ2) is 6.04. The fourth-order valence-corrected chi connectivity index (χ4v) is 2.03. The highest BCUT2D eigenvalue weighted by atomic mass is 32.2. The number of rotatable bonds is 4. The van der Waals surface area contributed by atoms with Crippen molar-refractivity contribution < 1.29 is 13.2 Å². The summed E-state index contributed by atoms with van der Waals surface area (Å²) in [6.45, 7) is 3.53. The van der Waals surface area contributed by atoms with E-state index in [4.69, 9.17) is 0 Å².